The van der Waals surface area contributed by atoms with Crippen molar-refractivity contribution in [2.24, 2.45) is 5.92 Å². The number of halogens is 1. The average Bonchev–Trinajstić information content (AvgIpc) is 3.17. The summed E-state index contributed by atoms with van der Waals surface area (Å²) in [6.07, 6.45) is 2.29. The van der Waals surface area contributed by atoms with Crippen LogP contribution in [0.2, 0.25) is 0 Å². The van der Waals surface area contributed by atoms with Crippen LogP contribution in [0.1, 0.15) is 51.9 Å². The van der Waals surface area contributed by atoms with Crippen molar-refractivity contribution in [2.45, 2.75) is 64.1 Å². The van der Waals surface area contributed by atoms with Crippen LogP contribution in [0.5, 0.6) is 5.75 Å². The minimum atomic E-state index is -0.744. The van der Waals surface area contributed by atoms with E-state index in [-0.39, 0.29) is 24.5 Å². The fraction of sp³-hybridized carbons (Fsp3) is 0.462. The molecule has 1 aliphatic rings. The summed E-state index contributed by atoms with van der Waals surface area (Å²) in [6, 6.07) is 7.43. The molecule has 5 atom stereocenters. The predicted octanol–water partition coefficient (Wildman–Crippen LogP) is 5.87. The molecule has 1 aromatic rings. The molecule has 0 aromatic heterocycles. The number of methoxy groups -OCH3 is 1. The molecular formula is C26H33IO6. The molecule has 180 valence electrons. The number of hydrogen-bond acceptors (Lipinski definition) is 6. The van der Waals surface area contributed by atoms with Gasteiger partial charge in [0.25, 0.3) is 0 Å². The quantitative estimate of drug-likeness (QED) is 0.136. The Labute approximate surface area is 210 Å². The van der Waals surface area contributed by atoms with Crippen LogP contribution in [-0.4, -0.2) is 36.7 Å². The summed E-state index contributed by atoms with van der Waals surface area (Å²) in [5.41, 5.74) is 1.01. The van der Waals surface area contributed by atoms with Gasteiger partial charge in [-0.2, -0.15) is 0 Å². The standard InChI is InChI=1S/C26H33IO6/c1-7-17(3)24(18(4)16-27)32-23(29)15-20(28)13-14-26(5)22(8-2)31-25(33-26)19-9-11-21(30-6)12-10-19/h7-12,16-17,22,24-25H,1-2,13-15H2,3-6H3/b18-16+. The summed E-state index contributed by atoms with van der Waals surface area (Å²) >= 11 is 2.11. The Balaban J connectivity index is 1.96. The number of ketones is 1. The van der Waals surface area contributed by atoms with Gasteiger partial charge in [-0.3, -0.25) is 9.59 Å². The largest absolute Gasteiger partial charge is 0.497 e. The number of hydrogen-bond donors (Lipinski definition) is 0. The third-order valence-electron chi connectivity index (χ3n) is 5.82. The molecule has 0 spiro atoms. The zero-order chi connectivity index (χ0) is 24.6. The highest BCUT2D eigenvalue weighted by atomic mass is 127. The van der Waals surface area contributed by atoms with E-state index in [1.807, 2.05) is 49.1 Å². The summed E-state index contributed by atoms with van der Waals surface area (Å²) in [7, 11) is 1.61. The second kappa shape index (κ2) is 12.5. The summed E-state index contributed by atoms with van der Waals surface area (Å²) < 4.78 is 24.9. The van der Waals surface area contributed by atoms with E-state index in [9.17, 15) is 9.59 Å². The van der Waals surface area contributed by atoms with E-state index in [4.69, 9.17) is 18.9 Å². The average molecular weight is 568 g/mol. The van der Waals surface area contributed by atoms with Crippen LogP contribution in [0, 0.1) is 5.92 Å². The first-order valence-corrected chi connectivity index (χ1v) is 12.1. The van der Waals surface area contributed by atoms with Crippen molar-refractivity contribution in [3.05, 3.63) is 64.8 Å². The van der Waals surface area contributed by atoms with E-state index in [0.717, 1.165) is 16.9 Å². The van der Waals surface area contributed by atoms with Crippen molar-refractivity contribution in [1.29, 1.82) is 0 Å². The van der Waals surface area contributed by atoms with Gasteiger partial charge in [0, 0.05) is 17.9 Å². The van der Waals surface area contributed by atoms with Gasteiger partial charge in [-0.25, -0.2) is 0 Å². The number of Topliss-reactive ketones (excluding diaryl/α,β-unsaturated/α-hetero) is 1. The number of ether oxygens (including phenoxy) is 4. The topological polar surface area (TPSA) is 71.1 Å². The Bertz CT molecular complexity index is 877. The normalized spacial score (nSPS) is 24.6. The van der Waals surface area contributed by atoms with E-state index in [1.54, 1.807) is 19.3 Å². The second-order valence-corrected chi connectivity index (χ2v) is 9.02. The maximum atomic E-state index is 12.6. The maximum absolute atomic E-state index is 12.6. The van der Waals surface area contributed by atoms with Gasteiger partial charge in [0.2, 0.25) is 0 Å². The van der Waals surface area contributed by atoms with E-state index >= 15 is 0 Å². The summed E-state index contributed by atoms with van der Waals surface area (Å²) in [5.74, 6) is -0.0597. The fourth-order valence-corrected chi connectivity index (χ4v) is 4.01. The molecule has 0 bridgehead atoms. The lowest BCUT2D eigenvalue weighted by atomic mass is 9.92. The molecule has 1 saturated heterocycles. The van der Waals surface area contributed by atoms with Crippen LogP contribution in [0.15, 0.2) is 59.2 Å². The monoisotopic (exact) mass is 568 g/mol. The van der Waals surface area contributed by atoms with Crippen molar-refractivity contribution >= 4 is 34.3 Å². The maximum Gasteiger partial charge on any atom is 0.313 e. The van der Waals surface area contributed by atoms with Gasteiger partial charge in [0.15, 0.2) is 6.29 Å². The zero-order valence-electron chi connectivity index (χ0n) is 19.7. The molecular weight excluding hydrogens is 535 g/mol. The lowest BCUT2D eigenvalue weighted by Gasteiger charge is -2.26. The van der Waals surface area contributed by atoms with E-state index in [1.165, 1.54) is 0 Å². The fourth-order valence-electron chi connectivity index (χ4n) is 3.65. The van der Waals surface area contributed by atoms with Crippen molar-refractivity contribution in [3.63, 3.8) is 0 Å². The van der Waals surface area contributed by atoms with Gasteiger partial charge < -0.3 is 18.9 Å². The Morgan fingerprint density at radius 1 is 1.27 bits per heavy atom. The lowest BCUT2D eigenvalue weighted by Crippen LogP contribution is -2.36. The molecule has 1 aliphatic heterocycles. The molecule has 0 radical (unpaired) electrons. The molecule has 1 aromatic carbocycles. The first-order chi connectivity index (χ1) is 15.7. The third-order valence-corrected chi connectivity index (χ3v) is 6.80. The molecule has 0 saturated carbocycles. The molecule has 0 N–H and O–H groups in total. The molecule has 33 heavy (non-hydrogen) atoms. The van der Waals surface area contributed by atoms with Crippen molar-refractivity contribution in [1.82, 2.24) is 0 Å². The van der Waals surface area contributed by atoms with Gasteiger partial charge in [0.05, 0.1) is 12.7 Å². The Morgan fingerprint density at radius 3 is 2.48 bits per heavy atom. The first kappa shape index (κ1) is 27.3. The van der Waals surface area contributed by atoms with Gasteiger partial charge in [-0.15, -0.1) is 13.2 Å². The Kier molecular flexibility index (Phi) is 10.3. The van der Waals surface area contributed by atoms with Crippen LogP contribution >= 0.6 is 22.6 Å². The molecule has 2 rings (SSSR count). The number of carbonyl (C=O) groups is 2. The predicted molar refractivity (Wildman–Crippen MR) is 136 cm³/mol. The number of esters is 1. The first-order valence-electron chi connectivity index (χ1n) is 10.9. The zero-order valence-corrected chi connectivity index (χ0v) is 21.9. The summed E-state index contributed by atoms with van der Waals surface area (Å²) in [4.78, 5) is 25.0. The summed E-state index contributed by atoms with van der Waals surface area (Å²) in [6.45, 7) is 13.3. The molecule has 1 fully saturated rings. The second-order valence-electron chi connectivity index (χ2n) is 8.40. The molecule has 1 heterocycles. The molecule has 6 nitrogen and oxygen atoms in total. The number of carbonyl (C=O) groups excluding carboxylic acids is 2. The number of benzene rings is 1. The van der Waals surface area contributed by atoms with Crippen LogP contribution in [0.4, 0.5) is 0 Å². The van der Waals surface area contributed by atoms with E-state index in [2.05, 4.69) is 35.7 Å². The van der Waals surface area contributed by atoms with Gasteiger partial charge >= 0.3 is 5.97 Å². The smallest absolute Gasteiger partial charge is 0.313 e. The highest BCUT2D eigenvalue weighted by molar-refractivity contribution is 14.1. The van der Waals surface area contributed by atoms with Crippen LogP contribution in [0.25, 0.3) is 0 Å². The third kappa shape index (κ3) is 7.25. The van der Waals surface area contributed by atoms with Gasteiger partial charge in [0.1, 0.15) is 30.2 Å². The number of rotatable bonds is 12. The van der Waals surface area contributed by atoms with Crippen molar-refractivity contribution < 1.29 is 28.5 Å². The van der Waals surface area contributed by atoms with E-state index < -0.39 is 30.1 Å². The minimum Gasteiger partial charge on any atom is -0.497 e. The Morgan fingerprint density at radius 2 is 1.94 bits per heavy atom. The SMILES string of the molecule is C=CC(C)C(OC(=O)CC(=O)CCC1(C)OC(c2ccc(OC)cc2)OC1C=C)/C(C)=C/I. The minimum absolute atomic E-state index is 0.0544. The van der Waals surface area contributed by atoms with Gasteiger partial charge in [-0.1, -0.05) is 53.8 Å². The molecule has 0 amide bonds. The molecule has 5 unspecified atom stereocenters. The Hall–Kier alpha value is -1.97. The molecule has 0 aliphatic carbocycles. The highest BCUT2D eigenvalue weighted by Crippen LogP contribution is 2.41. The highest BCUT2D eigenvalue weighted by Gasteiger charge is 2.45. The lowest BCUT2D eigenvalue weighted by molar-refractivity contribution is -0.151. The van der Waals surface area contributed by atoms with E-state index in [0.29, 0.717) is 6.42 Å². The van der Waals surface area contributed by atoms with Crippen LogP contribution in [0.3, 0.4) is 0 Å². The van der Waals surface area contributed by atoms with Crippen molar-refractivity contribution in [2.75, 3.05) is 7.11 Å². The molecule has 7 heteroatoms. The van der Waals surface area contributed by atoms with Crippen molar-refractivity contribution in [3.8, 4) is 5.75 Å². The van der Waals surface area contributed by atoms with Crippen LogP contribution in [-0.2, 0) is 23.8 Å². The van der Waals surface area contributed by atoms with Gasteiger partial charge in [-0.05, 0) is 42.1 Å². The van der Waals surface area contributed by atoms with Crippen LogP contribution < -0.4 is 4.74 Å². The summed E-state index contributed by atoms with van der Waals surface area (Å²) in [5, 5.41) is 0.